The molecule has 0 spiro atoms. The zero-order chi connectivity index (χ0) is 22.1. The van der Waals surface area contributed by atoms with Gasteiger partial charge in [0.2, 0.25) is 0 Å². The highest BCUT2D eigenvalue weighted by atomic mass is 35.5. The van der Waals surface area contributed by atoms with E-state index in [1.807, 2.05) is 31.2 Å². The first-order valence-electron chi connectivity index (χ1n) is 9.38. The first-order chi connectivity index (χ1) is 14.9. The lowest BCUT2D eigenvalue weighted by Crippen LogP contribution is -2.25. The number of anilines is 2. The van der Waals surface area contributed by atoms with Crippen molar-refractivity contribution in [2.24, 2.45) is 0 Å². The molecule has 158 valence electrons. The molecular formula is C22H19ClN4O4. The number of carbonyl (C=O) groups is 2. The van der Waals surface area contributed by atoms with Crippen molar-refractivity contribution in [1.82, 2.24) is 9.78 Å². The van der Waals surface area contributed by atoms with Crippen LogP contribution in [0, 0.1) is 6.92 Å². The van der Waals surface area contributed by atoms with Crippen LogP contribution >= 0.6 is 11.6 Å². The minimum atomic E-state index is -1.13. The number of aliphatic carboxylic acids is 1. The molecule has 1 aromatic heterocycles. The summed E-state index contributed by atoms with van der Waals surface area (Å²) in [5.41, 5.74) is 2.58. The number of halogens is 1. The van der Waals surface area contributed by atoms with E-state index in [0.717, 1.165) is 11.1 Å². The fourth-order valence-corrected chi connectivity index (χ4v) is 3.59. The van der Waals surface area contributed by atoms with E-state index >= 15 is 0 Å². The van der Waals surface area contributed by atoms with Gasteiger partial charge in [-0.25, -0.2) is 9.48 Å². The van der Waals surface area contributed by atoms with Crippen LogP contribution < -0.4 is 15.4 Å². The zero-order valence-electron chi connectivity index (χ0n) is 16.7. The number of aromatic nitrogens is 2. The molecule has 3 aromatic rings. The molecule has 2 heterocycles. The van der Waals surface area contributed by atoms with E-state index in [1.54, 1.807) is 29.0 Å². The molecule has 9 heteroatoms. The van der Waals surface area contributed by atoms with Crippen molar-refractivity contribution >= 4 is 35.0 Å². The zero-order valence-corrected chi connectivity index (χ0v) is 17.5. The van der Waals surface area contributed by atoms with Crippen molar-refractivity contribution in [2.75, 3.05) is 17.7 Å². The van der Waals surface area contributed by atoms with Gasteiger partial charge in [-0.3, -0.25) is 4.79 Å². The van der Waals surface area contributed by atoms with Crippen LogP contribution in [0.2, 0.25) is 5.02 Å². The number of carboxylic acids is 1. The predicted molar refractivity (Wildman–Crippen MR) is 117 cm³/mol. The van der Waals surface area contributed by atoms with E-state index in [0.29, 0.717) is 22.3 Å². The molecule has 0 bridgehead atoms. The maximum absolute atomic E-state index is 12.9. The summed E-state index contributed by atoms with van der Waals surface area (Å²) < 4.78 is 6.71. The monoisotopic (exact) mass is 438 g/mol. The predicted octanol–water partition coefficient (Wildman–Crippen LogP) is 4.09. The summed E-state index contributed by atoms with van der Waals surface area (Å²) in [6.45, 7) is 1.97. The van der Waals surface area contributed by atoms with Gasteiger partial charge >= 0.3 is 5.97 Å². The van der Waals surface area contributed by atoms with Crippen LogP contribution in [0.25, 0.3) is 0 Å². The lowest BCUT2D eigenvalue weighted by Gasteiger charge is -2.24. The van der Waals surface area contributed by atoms with Crippen LogP contribution in [0.4, 0.5) is 11.5 Å². The van der Waals surface area contributed by atoms with Crippen LogP contribution in [0.1, 0.15) is 27.5 Å². The van der Waals surface area contributed by atoms with Crippen LogP contribution in [-0.2, 0) is 4.79 Å². The highest BCUT2D eigenvalue weighted by molar-refractivity contribution is 6.32. The van der Waals surface area contributed by atoms with Crippen LogP contribution in [0.3, 0.4) is 0 Å². The highest BCUT2D eigenvalue weighted by Crippen LogP contribution is 2.33. The minimum absolute atomic E-state index is 0.0277. The molecular weight excluding hydrogens is 420 g/mol. The van der Waals surface area contributed by atoms with Crippen molar-refractivity contribution in [3.63, 3.8) is 0 Å². The number of hydrogen-bond donors (Lipinski definition) is 3. The molecule has 31 heavy (non-hydrogen) atoms. The molecule has 2 aromatic carbocycles. The van der Waals surface area contributed by atoms with E-state index in [4.69, 9.17) is 16.3 Å². The van der Waals surface area contributed by atoms with Gasteiger partial charge in [-0.15, -0.1) is 0 Å². The minimum Gasteiger partial charge on any atom is -0.495 e. The summed E-state index contributed by atoms with van der Waals surface area (Å²) in [7, 11) is 1.50. The van der Waals surface area contributed by atoms with E-state index < -0.39 is 17.9 Å². The Morgan fingerprint density at radius 2 is 1.97 bits per heavy atom. The Morgan fingerprint density at radius 1 is 1.23 bits per heavy atom. The number of carboxylic acid groups (broad SMARTS) is 1. The number of methoxy groups -OCH3 is 1. The van der Waals surface area contributed by atoms with Crippen molar-refractivity contribution in [3.8, 4) is 5.75 Å². The SMILES string of the molecule is COc1ccc(NC(=O)c2cnn3c2NC(C(=O)O)=C[C@@H]3c2ccc(C)cc2)cc1Cl. The average Bonchev–Trinajstić information content (AvgIpc) is 3.18. The number of fused-ring (bicyclic) bond motifs is 1. The Hall–Kier alpha value is -3.78. The maximum atomic E-state index is 12.9. The third-order valence-electron chi connectivity index (χ3n) is 4.94. The van der Waals surface area contributed by atoms with Gasteiger partial charge in [0.05, 0.1) is 24.4 Å². The lowest BCUT2D eigenvalue weighted by molar-refractivity contribution is -0.132. The Bertz CT molecular complexity index is 1200. The Labute approximate surface area is 183 Å². The Morgan fingerprint density at radius 3 is 2.61 bits per heavy atom. The summed E-state index contributed by atoms with van der Waals surface area (Å²) >= 11 is 6.13. The number of nitrogens with zero attached hydrogens (tertiary/aromatic N) is 2. The molecule has 3 N–H and O–H groups in total. The fourth-order valence-electron chi connectivity index (χ4n) is 3.33. The number of amides is 1. The van der Waals surface area contributed by atoms with Gasteiger partial charge < -0.3 is 20.5 Å². The molecule has 1 amide bonds. The first-order valence-corrected chi connectivity index (χ1v) is 9.76. The van der Waals surface area contributed by atoms with Crippen LogP contribution in [-0.4, -0.2) is 33.9 Å². The van der Waals surface area contributed by atoms with Gasteiger partial charge in [0.1, 0.15) is 22.8 Å². The van der Waals surface area contributed by atoms with Crippen LogP contribution in [0.5, 0.6) is 5.75 Å². The number of ether oxygens (including phenoxy) is 1. The fraction of sp³-hybridized carbons (Fsp3) is 0.136. The highest BCUT2D eigenvalue weighted by Gasteiger charge is 2.29. The molecule has 1 atom stereocenters. The standard InChI is InChI=1S/C22H19ClN4O4/c1-12-3-5-13(6-4-12)18-10-17(22(29)30)26-20-15(11-24-27(18)20)21(28)25-14-7-8-19(31-2)16(23)9-14/h3-11,18,26H,1-2H3,(H,25,28)(H,29,30)/t18-/m1/s1. The molecule has 0 fully saturated rings. The quantitative estimate of drug-likeness (QED) is 0.554. The summed E-state index contributed by atoms with van der Waals surface area (Å²) in [5.74, 6) is -0.800. The lowest BCUT2D eigenvalue weighted by atomic mass is 10.0. The molecule has 8 nitrogen and oxygen atoms in total. The van der Waals surface area contributed by atoms with Gasteiger partial charge in [-0.2, -0.15) is 5.10 Å². The van der Waals surface area contributed by atoms with Crippen molar-refractivity contribution in [1.29, 1.82) is 0 Å². The molecule has 1 aliphatic rings. The molecule has 0 radical (unpaired) electrons. The van der Waals surface area contributed by atoms with Crippen LogP contribution in [0.15, 0.2) is 60.4 Å². The van der Waals surface area contributed by atoms with Gasteiger partial charge in [0.25, 0.3) is 5.91 Å². The van der Waals surface area contributed by atoms with E-state index in [-0.39, 0.29) is 11.3 Å². The number of rotatable bonds is 5. The third-order valence-corrected chi connectivity index (χ3v) is 5.24. The van der Waals surface area contributed by atoms with E-state index in [9.17, 15) is 14.7 Å². The molecule has 1 aliphatic heterocycles. The van der Waals surface area contributed by atoms with Gasteiger partial charge in [-0.1, -0.05) is 41.4 Å². The third kappa shape index (κ3) is 3.97. The van der Waals surface area contributed by atoms with Crippen molar-refractivity contribution in [3.05, 3.63) is 82.1 Å². The Kier molecular flexibility index (Phi) is 5.39. The number of benzene rings is 2. The first kappa shape index (κ1) is 20.5. The number of allylic oxidation sites excluding steroid dienone is 1. The van der Waals surface area contributed by atoms with Gasteiger partial charge in [0.15, 0.2) is 0 Å². The largest absolute Gasteiger partial charge is 0.495 e. The number of carbonyl (C=O) groups excluding carboxylic acids is 1. The molecule has 0 saturated carbocycles. The topological polar surface area (TPSA) is 105 Å². The second-order valence-corrected chi connectivity index (χ2v) is 7.43. The summed E-state index contributed by atoms with van der Waals surface area (Å²) in [6.07, 6.45) is 2.97. The molecule has 4 rings (SSSR count). The number of nitrogens with one attached hydrogen (secondary N) is 2. The normalized spacial score (nSPS) is 14.8. The summed E-state index contributed by atoms with van der Waals surface area (Å²) in [4.78, 5) is 24.6. The molecule has 0 saturated heterocycles. The molecule has 0 unspecified atom stereocenters. The van der Waals surface area contributed by atoms with Gasteiger partial charge in [-0.05, 0) is 36.8 Å². The number of hydrogen-bond acceptors (Lipinski definition) is 5. The average molecular weight is 439 g/mol. The smallest absolute Gasteiger partial charge is 0.352 e. The summed E-state index contributed by atoms with van der Waals surface area (Å²) in [6, 6.07) is 12.1. The molecule has 0 aliphatic carbocycles. The van der Waals surface area contributed by atoms with E-state index in [1.165, 1.54) is 13.3 Å². The van der Waals surface area contributed by atoms with E-state index in [2.05, 4.69) is 15.7 Å². The second kappa shape index (κ2) is 8.16. The Balaban J connectivity index is 1.68. The number of aryl methyl sites for hydroxylation is 1. The second-order valence-electron chi connectivity index (χ2n) is 7.02. The van der Waals surface area contributed by atoms with Crippen molar-refractivity contribution in [2.45, 2.75) is 13.0 Å². The van der Waals surface area contributed by atoms with Crippen molar-refractivity contribution < 1.29 is 19.4 Å². The summed E-state index contributed by atoms with van der Waals surface area (Å²) in [5, 5.41) is 19.8. The maximum Gasteiger partial charge on any atom is 0.352 e. The van der Waals surface area contributed by atoms with Gasteiger partial charge in [0, 0.05) is 5.69 Å².